The molecule has 1 aromatic carbocycles. The lowest BCUT2D eigenvalue weighted by Crippen LogP contribution is -2.36. The Kier molecular flexibility index (Phi) is 4.35. The smallest absolute Gasteiger partial charge is 0.336 e. The Morgan fingerprint density at radius 1 is 1.38 bits per heavy atom. The maximum Gasteiger partial charge on any atom is 0.336 e. The molecule has 0 spiro atoms. The first-order valence-electron chi connectivity index (χ1n) is 6.67. The van der Waals surface area contributed by atoms with E-state index in [1.807, 2.05) is 27.7 Å². The number of halogens is 1. The SMILES string of the molecule is CC1(C)CC(S(=O)c2cc(Br)ccc2C(=O)O)C(C)(C)O1. The first-order valence-corrected chi connectivity index (χ1v) is 8.68. The Bertz CT molecular complexity index is 610. The average molecular weight is 375 g/mol. The highest BCUT2D eigenvalue weighted by atomic mass is 79.9. The molecule has 0 aliphatic carbocycles. The predicted octanol–water partition coefficient (Wildman–Crippen LogP) is 3.60. The lowest BCUT2D eigenvalue weighted by Gasteiger charge is -2.27. The molecule has 2 unspecified atom stereocenters. The highest BCUT2D eigenvalue weighted by molar-refractivity contribution is 9.10. The molecule has 0 aromatic heterocycles. The third kappa shape index (κ3) is 3.38. The van der Waals surface area contributed by atoms with Crippen LogP contribution in [-0.2, 0) is 15.5 Å². The van der Waals surface area contributed by atoms with Crippen LogP contribution in [0.4, 0.5) is 0 Å². The Morgan fingerprint density at radius 3 is 2.48 bits per heavy atom. The molecule has 0 bridgehead atoms. The van der Waals surface area contributed by atoms with Crippen LogP contribution in [-0.4, -0.2) is 31.7 Å². The van der Waals surface area contributed by atoms with Crippen LogP contribution in [0.2, 0.25) is 0 Å². The minimum atomic E-state index is -1.45. The van der Waals surface area contributed by atoms with Gasteiger partial charge in [0, 0.05) is 4.47 Å². The molecular weight excluding hydrogens is 356 g/mol. The van der Waals surface area contributed by atoms with E-state index >= 15 is 0 Å². The predicted molar refractivity (Wildman–Crippen MR) is 85.2 cm³/mol. The first kappa shape index (κ1) is 16.6. The fourth-order valence-corrected chi connectivity index (χ4v) is 5.39. The van der Waals surface area contributed by atoms with E-state index in [4.69, 9.17) is 4.74 Å². The van der Waals surface area contributed by atoms with E-state index in [-0.39, 0.29) is 16.4 Å². The lowest BCUT2D eigenvalue weighted by atomic mass is 10.0. The maximum absolute atomic E-state index is 13.0. The van der Waals surface area contributed by atoms with E-state index in [1.54, 1.807) is 12.1 Å². The average Bonchev–Trinajstić information content (AvgIpc) is 2.55. The molecule has 1 fully saturated rings. The third-order valence-electron chi connectivity index (χ3n) is 3.64. The van der Waals surface area contributed by atoms with Gasteiger partial charge < -0.3 is 9.84 Å². The van der Waals surface area contributed by atoms with Gasteiger partial charge in [0.2, 0.25) is 0 Å². The summed E-state index contributed by atoms with van der Waals surface area (Å²) in [6, 6.07) is 4.75. The van der Waals surface area contributed by atoms with E-state index in [2.05, 4.69) is 15.9 Å². The van der Waals surface area contributed by atoms with Crippen molar-refractivity contribution in [3.63, 3.8) is 0 Å². The number of hydrogen-bond donors (Lipinski definition) is 1. The van der Waals surface area contributed by atoms with Gasteiger partial charge in [0.15, 0.2) is 0 Å². The molecule has 1 N–H and O–H groups in total. The van der Waals surface area contributed by atoms with Crippen molar-refractivity contribution < 1.29 is 18.8 Å². The van der Waals surface area contributed by atoms with Crippen molar-refractivity contribution in [1.29, 1.82) is 0 Å². The number of benzene rings is 1. The van der Waals surface area contributed by atoms with Crippen LogP contribution in [0.15, 0.2) is 27.6 Å². The number of rotatable bonds is 3. The van der Waals surface area contributed by atoms with Crippen LogP contribution in [0, 0.1) is 0 Å². The van der Waals surface area contributed by atoms with Gasteiger partial charge in [-0.05, 0) is 52.3 Å². The summed E-state index contributed by atoms with van der Waals surface area (Å²) in [6.45, 7) is 7.74. The molecule has 0 amide bonds. The van der Waals surface area contributed by atoms with Gasteiger partial charge in [0.25, 0.3) is 0 Å². The molecule has 6 heteroatoms. The summed E-state index contributed by atoms with van der Waals surface area (Å²) in [5.74, 6) is -1.07. The van der Waals surface area contributed by atoms with Crippen molar-refractivity contribution in [2.24, 2.45) is 0 Å². The maximum atomic E-state index is 13.0. The van der Waals surface area contributed by atoms with E-state index in [9.17, 15) is 14.1 Å². The molecule has 4 nitrogen and oxygen atoms in total. The second kappa shape index (κ2) is 5.48. The van der Waals surface area contributed by atoms with Crippen LogP contribution in [0.5, 0.6) is 0 Å². The summed E-state index contributed by atoms with van der Waals surface area (Å²) in [6.07, 6.45) is 0.623. The van der Waals surface area contributed by atoms with Crippen LogP contribution in [0.3, 0.4) is 0 Å². The topological polar surface area (TPSA) is 63.6 Å². The highest BCUT2D eigenvalue weighted by Crippen LogP contribution is 2.42. The summed E-state index contributed by atoms with van der Waals surface area (Å²) in [4.78, 5) is 11.7. The summed E-state index contributed by atoms with van der Waals surface area (Å²) in [5.41, 5.74) is -0.844. The lowest BCUT2D eigenvalue weighted by molar-refractivity contribution is -0.0633. The third-order valence-corrected chi connectivity index (χ3v) is 6.16. The zero-order valence-electron chi connectivity index (χ0n) is 12.5. The quantitative estimate of drug-likeness (QED) is 0.877. The minimum Gasteiger partial charge on any atom is -0.478 e. The van der Waals surface area contributed by atoms with Gasteiger partial charge in [-0.1, -0.05) is 15.9 Å². The zero-order valence-corrected chi connectivity index (χ0v) is 14.9. The fraction of sp³-hybridized carbons (Fsp3) is 0.533. The number of ether oxygens (including phenoxy) is 1. The van der Waals surface area contributed by atoms with E-state index in [0.29, 0.717) is 15.8 Å². The van der Waals surface area contributed by atoms with Crippen molar-refractivity contribution in [3.05, 3.63) is 28.2 Å². The molecule has 116 valence electrons. The number of carboxylic acid groups (broad SMARTS) is 1. The second-order valence-corrected chi connectivity index (χ2v) is 8.92. The molecule has 21 heavy (non-hydrogen) atoms. The van der Waals surface area contributed by atoms with Crippen molar-refractivity contribution in [2.75, 3.05) is 0 Å². The number of aromatic carboxylic acids is 1. The normalized spacial score (nSPS) is 24.7. The molecule has 1 aliphatic rings. The van der Waals surface area contributed by atoms with Gasteiger partial charge in [0.05, 0.1) is 37.7 Å². The second-order valence-electron chi connectivity index (χ2n) is 6.40. The molecule has 2 atom stereocenters. The largest absolute Gasteiger partial charge is 0.478 e. The number of carboxylic acids is 1. The van der Waals surface area contributed by atoms with Crippen molar-refractivity contribution >= 4 is 32.7 Å². The summed E-state index contributed by atoms with van der Waals surface area (Å²) in [7, 11) is -1.45. The van der Waals surface area contributed by atoms with E-state index < -0.39 is 22.4 Å². The summed E-state index contributed by atoms with van der Waals surface area (Å²) < 4.78 is 19.7. The van der Waals surface area contributed by atoms with Gasteiger partial charge >= 0.3 is 5.97 Å². The van der Waals surface area contributed by atoms with Crippen molar-refractivity contribution in [2.45, 2.75) is 55.5 Å². The molecule has 1 saturated heterocycles. The fourth-order valence-electron chi connectivity index (χ4n) is 2.84. The van der Waals surface area contributed by atoms with Crippen molar-refractivity contribution in [1.82, 2.24) is 0 Å². The number of carbonyl (C=O) groups is 1. The van der Waals surface area contributed by atoms with Gasteiger partial charge in [-0.15, -0.1) is 0 Å². The summed E-state index contributed by atoms with van der Waals surface area (Å²) >= 11 is 3.31. The van der Waals surface area contributed by atoms with Gasteiger partial charge in [-0.25, -0.2) is 4.79 Å². The van der Waals surface area contributed by atoms with E-state index in [1.165, 1.54) is 6.07 Å². The summed E-state index contributed by atoms with van der Waals surface area (Å²) in [5, 5.41) is 9.05. The van der Waals surface area contributed by atoms with Crippen molar-refractivity contribution in [3.8, 4) is 0 Å². The molecule has 2 rings (SSSR count). The standard InChI is InChI=1S/C15H19BrO4S/c1-14(2)8-12(15(3,4)20-14)21(19)11-7-9(16)5-6-10(11)13(17)18/h5-7,12H,8H2,1-4H3,(H,17,18). The van der Waals surface area contributed by atoms with Gasteiger partial charge in [-0.3, -0.25) is 4.21 Å². The Morgan fingerprint density at radius 2 is 2.00 bits per heavy atom. The monoisotopic (exact) mass is 374 g/mol. The Labute approximate surface area is 135 Å². The van der Waals surface area contributed by atoms with Gasteiger partial charge in [0.1, 0.15) is 0 Å². The minimum absolute atomic E-state index is 0.0806. The zero-order chi connectivity index (χ0) is 16.0. The Balaban J connectivity index is 2.46. The Hall–Kier alpha value is -0.720. The van der Waals surface area contributed by atoms with Gasteiger partial charge in [-0.2, -0.15) is 0 Å². The molecule has 0 radical (unpaired) electrons. The van der Waals surface area contributed by atoms with Crippen LogP contribution in [0.1, 0.15) is 44.5 Å². The van der Waals surface area contributed by atoms with Crippen LogP contribution < -0.4 is 0 Å². The van der Waals surface area contributed by atoms with E-state index in [0.717, 1.165) is 0 Å². The molecule has 0 saturated carbocycles. The van der Waals surface area contributed by atoms with Crippen LogP contribution in [0.25, 0.3) is 0 Å². The first-order chi connectivity index (χ1) is 9.53. The van der Waals surface area contributed by atoms with Crippen LogP contribution >= 0.6 is 15.9 Å². The molecule has 1 aliphatic heterocycles. The highest BCUT2D eigenvalue weighted by Gasteiger charge is 2.49. The molecular formula is C15H19BrO4S. The molecule has 1 aromatic rings. The molecule has 1 heterocycles. The number of hydrogen-bond acceptors (Lipinski definition) is 3.